The van der Waals surface area contributed by atoms with Gasteiger partial charge in [-0.15, -0.1) is 0 Å². The van der Waals surface area contributed by atoms with Gasteiger partial charge >= 0.3 is 70.4 Å². The van der Waals surface area contributed by atoms with Gasteiger partial charge in [0.25, 0.3) is 0 Å². The first kappa shape index (κ1) is 65.6. The van der Waals surface area contributed by atoms with Gasteiger partial charge in [0.1, 0.15) is 99.1 Å². The predicted octanol–water partition coefficient (Wildman–Crippen LogP) is 1.50. The molecule has 6 aliphatic rings. The molecule has 14 heterocycles. The summed E-state index contributed by atoms with van der Waals surface area (Å²) < 4.78 is 135. The molecular formula is C56H96N16O12Si8+8. The second-order valence-corrected chi connectivity index (χ2v) is 50.8. The first-order chi connectivity index (χ1) is 44.3. The van der Waals surface area contributed by atoms with Crippen LogP contribution < -0.4 is 36.5 Å². The van der Waals surface area contributed by atoms with Crippen molar-refractivity contribution < 1.29 is 85.9 Å². The highest BCUT2D eigenvalue weighted by Crippen LogP contribution is 2.55. The van der Waals surface area contributed by atoms with Crippen LogP contribution in [0.25, 0.3) is 0 Å². The van der Waals surface area contributed by atoms with E-state index >= 15 is 0 Å². The molecule has 14 rings (SSSR count). The highest BCUT2D eigenvalue weighted by atomic mass is 28.6. The SMILES string of the molecule is C[n+]1ccn(CCC[Si]23O[Si]4(CCCn5cc[n+](C)c5)O[Si]5(CCCn6cc[n+](C)c6)O[Si](CCCn6cc[n+](C)c6)(O2)O[Si]2(CCCn6cc[n+](C)c6)O[Si](CCCn6cc[n+](C)c6)(O3)O[Si](CCCn3cc[n+](C)c3)(O4)O[Si](CCCn3cc[n+](C)c3)(O5)O2)c1. The van der Waals surface area contributed by atoms with Gasteiger partial charge in [0, 0.05) is 48.4 Å². The Labute approximate surface area is 548 Å². The molecule has 0 atom stereocenters. The van der Waals surface area contributed by atoms with Crippen LogP contribution in [-0.2, 0) is 158 Å². The van der Waals surface area contributed by atoms with E-state index in [9.17, 15) is 0 Å². The van der Waals surface area contributed by atoms with Crippen LogP contribution in [0.4, 0.5) is 0 Å². The molecule has 8 bridgehead atoms. The number of hydrogen-bond donors (Lipinski definition) is 0. The molecule has 6 fully saturated rings. The average molecular weight is 1410 g/mol. The van der Waals surface area contributed by atoms with Crippen LogP contribution in [0.2, 0.25) is 48.4 Å². The Kier molecular flexibility index (Phi) is 19.4. The van der Waals surface area contributed by atoms with Gasteiger partial charge in [0.15, 0.2) is 0 Å². The molecule has 0 radical (unpaired) electrons. The third-order valence-corrected chi connectivity index (χ3v) is 55.1. The molecule has 92 heavy (non-hydrogen) atoms. The van der Waals surface area contributed by atoms with Crippen LogP contribution >= 0.6 is 0 Å². The van der Waals surface area contributed by atoms with Crippen LogP contribution in [0, 0.1) is 0 Å². The zero-order chi connectivity index (χ0) is 63.7. The van der Waals surface area contributed by atoms with Crippen molar-refractivity contribution in [2.75, 3.05) is 0 Å². The molecule has 0 spiro atoms. The molecule has 0 aromatic carbocycles. The van der Waals surface area contributed by atoms with Crippen molar-refractivity contribution in [2.45, 2.75) is 152 Å². The van der Waals surface area contributed by atoms with E-state index in [1.54, 1.807) is 0 Å². The first-order valence-corrected chi connectivity index (χ1v) is 48.2. The lowest BCUT2D eigenvalue weighted by molar-refractivity contribution is -0.671. The van der Waals surface area contributed by atoms with Crippen molar-refractivity contribution in [3.05, 3.63) is 150 Å². The van der Waals surface area contributed by atoms with E-state index in [4.69, 9.17) is 49.4 Å². The zero-order valence-electron chi connectivity index (χ0n) is 54.9. The lowest BCUT2D eigenvalue weighted by atomic mass is 10.5. The second-order valence-electron chi connectivity index (χ2n) is 26.1. The predicted molar refractivity (Wildman–Crippen MR) is 339 cm³/mol. The van der Waals surface area contributed by atoms with Crippen molar-refractivity contribution >= 4 is 70.4 Å². The van der Waals surface area contributed by atoms with Gasteiger partial charge in [-0.1, -0.05) is 0 Å². The summed E-state index contributed by atoms with van der Waals surface area (Å²) in [6.07, 6.45) is 55.0. The molecular weight excluding hydrogens is 1310 g/mol. The quantitative estimate of drug-likeness (QED) is 0.0439. The number of hydrogen-bond acceptors (Lipinski definition) is 12. The van der Waals surface area contributed by atoms with Gasteiger partial charge in [-0.25, -0.2) is 73.1 Å². The van der Waals surface area contributed by atoms with Crippen molar-refractivity contribution in [2.24, 2.45) is 56.4 Å². The molecule has 8 aromatic rings. The summed E-state index contributed by atoms with van der Waals surface area (Å²) in [7, 11) is -18.4. The van der Waals surface area contributed by atoms with E-state index in [1.165, 1.54) is 0 Å². The Balaban J connectivity index is 1.02. The molecule has 36 heteroatoms. The Bertz CT molecular complexity index is 2980. The molecule has 496 valence electrons. The fourth-order valence-electron chi connectivity index (χ4n) is 13.5. The Morgan fingerprint density at radius 2 is 0.304 bits per heavy atom. The Morgan fingerprint density at radius 3 is 0.391 bits per heavy atom. The second kappa shape index (κ2) is 27.2. The van der Waals surface area contributed by atoms with Crippen LogP contribution in [0.5, 0.6) is 0 Å². The maximum atomic E-state index is 8.40. The number of rotatable bonds is 32. The minimum absolute atomic E-state index is 0.365. The Morgan fingerprint density at radius 1 is 0.196 bits per heavy atom. The van der Waals surface area contributed by atoms with Crippen LogP contribution in [0.3, 0.4) is 0 Å². The maximum Gasteiger partial charge on any atom is 0.479 e. The fraction of sp³-hybridized carbons (Fsp3) is 0.571. The fourth-order valence-corrected chi connectivity index (χ4v) is 63.7. The summed E-state index contributed by atoms with van der Waals surface area (Å²) in [6.45, 7) is 5.23. The summed E-state index contributed by atoms with van der Waals surface area (Å²) >= 11 is 0. The molecule has 28 nitrogen and oxygen atoms in total. The third kappa shape index (κ3) is 15.7. The normalized spacial score (nSPS) is 28.4. The van der Waals surface area contributed by atoms with Crippen molar-refractivity contribution in [3.63, 3.8) is 0 Å². The number of aryl methyl sites for hydroxylation is 16. The van der Waals surface area contributed by atoms with E-state index < -0.39 is 70.4 Å². The molecule has 0 aliphatic carbocycles. The first-order valence-electron chi connectivity index (χ1n) is 32.8. The molecule has 6 aliphatic heterocycles. The summed E-state index contributed by atoms with van der Waals surface area (Å²) in [5, 5.41) is 0. The number of nitrogens with zero attached hydrogens (tertiary/aromatic N) is 16. The monoisotopic (exact) mass is 1410 g/mol. The Hall–Kier alpha value is -5.06. The van der Waals surface area contributed by atoms with Gasteiger partial charge in [-0.05, 0) is 51.4 Å². The zero-order valence-corrected chi connectivity index (χ0v) is 62.9. The van der Waals surface area contributed by atoms with Gasteiger partial charge in [-0.3, -0.25) is 0 Å². The van der Waals surface area contributed by atoms with Crippen LogP contribution in [-0.4, -0.2) is 107 Å². The van der Waals surface area contributed by atoms with Gasteiger partial charge in [-0.2, -0.15) is 0 Å². The highest BCUT2D eigenvalue weighted by Gasteiger charge is 2.83. The standard InChI is InChI=1S/C56H96N16O12Si8/c1-57-25-33-65(49-57)17-9-41-85-73-86(42-10-18-66-34-26-58(2)50-66)76-89(45-13-21-69-37-29-61(5)53-69)78-87(74-85,43-11-19-67-35-27-59(3)51-67)80-91(47-15-23-71-39-31-63(7)55-71)81-88(75-85,44-12-20-68-36-28-60(4)52-68)79-90(77-86,46-14-22-70-38-30-62(6)54-70)83-92(82-89,84-91)48-16-24-72-40-32-64(8)56-72/h25-40,49-56H,9-24,41-48H2,1-8H3/q+8. The van der Waals surface area contributed by atoms with E-state index in [2.05, 4.69) is 223 Å². The molecule has 0 unspecified atom stereocenters. The third-order valence-electron chi connectivity index (χ3n) is 17.5. The van der Waals surface area contributed by atoms with E-state index in [0.717, 1.165) is 0 Å². The van der Waals surface area contributed by atoms with Crippen LogP contribution in [0.15, 0.2) is 150 Å². The van der Waals surface area contributed by atoms with E-state index in [1.807, 2.05) is 56.4 Å². The maximum absolute atomic E-state index is 8.40. The van der Waals surface area contributed by atoms with Crippen LogP contribution in [0.1, 0.15) is 51.4 Å². The number of aromatic nitrogens is 16. The minimum atomic E-state index is -4.34. The molecule has 6 saturated heterocycles. The van der Waals surface area contributed by atoms with E-state index in [0.29, 0.717) is 152 Å². The largest absolute Gasteiger partial charge is 0.479 e. The number of imidazole rings is 8. The lowest BCUT2D eigenvalue weighted by Gasteiger charge is -2.63. The van der Waals surface area contributed by atoms with Gasteiger partial charge < -0.3 is 49.4 Å². The topological polar surface area (TPSA) is 181 Å². The molecule has 8 aromatic heterocycles. The average Bonchev–Trinajstić information content (AvgIpc) is 1.50. The highest BCUT2D eigenvalue weighted by molar-refractivity contribution is 7.03. The van der Waals surface area contributed by atoms with Crippen molar-refractivity contribution in [1.29, 1.82) is 0 Å². The summed E-state index contributed by atoms with van der Waals surface area (Å²) in [6, 6.07) is 2.92. The summed E-state index contributed by atoms with van der Waals surface area (Å²) in [5.74, 6) is 0. The van der Waals surface area contributed by atoms with Gasteiger partial charge in [0.05, 0.1) is 109 Å². The summed E-state index contributed by atoms with van der Waals surface area (Å²) in [4.78, 5) is 0. The smallest absolute Gasteiger partial charge is 0.373 e. The van der Waals surface area contributed by atoms with Crippen molar-refractivity contribution in [1.82, 2.24) is 36.5 Å². The molecule has 0 saturated carbocycles. The van der Waals surface area contributed by atoms with Gasteiger partial charge in [0.2, 0.25) is 50.6 Å². The van der Waals surface area contributed by atoms with Crippen molar-refractivity contribution in [3.8, 4) is 0 Å². The lowest BCUT2D eigenvalue weighted by Crippen LogP contribution is -2.88. The molecule has 0 N–H and O–H groups in total. The summed E-state index contributed by atoms with van der Waals surface area (Å²) in [5.41, 5.74) is 0. The molecule has 0 amide bonds. The minimum Gasteiger partial charge on any atom is -0.373 e. The van der Waals surface area contributed by atoms with E-state index in [-0.39, 0.29) is 0 Å².